The summed E-state index contributed by atoms with van der Waals surface area (Å²) in [5, 5.41) is 12.8. The fraction of sp³-hybridized carbons (Fsp3) is 0.353. The van der Waals surface area contributed by atoms with Gasteiger partial charge < -0.3 is 44.0 Å². The quantitative estimate of drug-likeness (QED) is 0.0402. The monoisotopic (exact) mass is 881 g/mol. The Kier molecular flexibility index (Phi) is 17.2. The maximum Gasteiger partial charge on any atom is 0.330 e. The van der Waals surface area contributed by atoms with E-state index in [1.807, 2.05) is 60.7 Å². The SMILES string of the molecule is CCN(CC)CCn1c(CN)nc2cc(/C=C/C(=O)OC)ccc21.CCN(CC)CCn1c(CN=C([O-])OCC2c3ccccc3-c3ccccc32)nc2cc(/C=C/C(=O)OC)ccc21. The summed E-state index contributed by atoms with van der Waals surface area (Å²) in [5.41, 5.74) is 16.0. The lowest BCUT2D eigenvalue weighted by Crippen LogP contribution is -2.27. The number of hydrogen-bond acceptors (Lipinski definition) is 12. The third-order valence-corrected chi connectivity index (χ3v) is 11.9. The summed E-state index contributed by atoms with van der Waals surface area (Å²) in [6.45, 7) is 16.7. The molecule has 0 unspecified atom stereocenters. The molecule has 342 valence electrons. The van der Waals surface area contributed by atoms with Crippen LogP contribution in [0.5, 0.6) is 0 Å². The number of likely N-dealkylation sites (N-methyl/N-ethyl adjacent to an activating group) is 2. The summed E-state index contributed by atoms with van der Waals surface area (Å²) in [5.74, 6) is 0.762. The van der Waals surface area contributed by atoms with Gasteiger partial charge in [0.05, 0.1) is 49.4 Å². The van der Waals surface area contributed by atoms with E-state index in [9.17, 15) is 14.7 Å². The van der Waals surface area contributed by atoms with Gasteiger partial charge in [0.1, 0.15) is 17.7 Å². The second-order valence-corrected chi connectivity index (χ2v) is 15.4. The fourth-order valence-electron chi connectivity index (χ4n) is 8.18. The maximum absolute atomic E-state index is 12.8. The Labute approximate surface area is 381 Å². The van der Waals surface area contributed by atoms with Crippen LogP contribution in [0.2, 0.25) is 0 Å². The van der Waals surface area contributed by atoms with Gasteiger partial charge in [-0.3, -0.25) is 4.99 Å². The van der Waals surface area contributed by atoms with Gasteiger partial charge in [-0.05, 0) is 96.0 Å². The molecule has 2 aromatic heterocycles. The lowest BCUT2D eigenvalue weighted by Gasteiger charge is -2.21. The van der Waals surface area contributed by atoms with E-state index in [0.717, 1.165) is 96.0 Å². The van der Waals surface area contributed by atoms with Crippen LogP contribution in [0.4, 0.5) is 0 Å². The Morgan fingerprint density at radius 1 is 0.708 bits per heavy atom. The second kappa shape index (κ2) is 23.4. The van der Waals surface area contributed by atoms with Crippen molar-refractivity contribution >= 4 is 52.2 Å². The molecule has 0 radical (unpaired) electrons. The normalized spacial score (nSPS) is 12.7. The van der Waals surface area contributed by atoms with E-state index in [2.05, 4.69) is 85.6 Å². The molecule has 0 aliphatic heterocycles. The molecule has 14 heteroatoms. The third kappa shape index (κ3) is 11.9. The topological polar surface area (TPSA) is 165 Å². The molecule has 0 fully saturated rings. The number of imidazole rings is 2. The summed E-state index contributed by atoms with van der Waals surface area (Å²) < 4.78 is 19.3. The third-order valence-electron chi connectivity index (χ3n) is 11.9. The van der Waals surface area contributed by atoms with Crippen molar-refractivity contribution in [2.75, 3.05) is 60.1 Å². The largest absolute Gasteiger partial charge is 0.599 e. The smallest absolute Gasteiger partial charge is 0.330 e. The Balaban J connectivity index is 0.000000248. The maximum atomic E-state index is 12.8. The number of fused-ring (bicyclic) bond motifs is 5. The molecule has 4 aromatic carbocycles. The highest BCUT2D eigenvalue weighted by atomic mass is 16.6. The number of carbonyl (C=O) groups excluding carboxylic acids is 2. The van der Waals surface area contributed by atoms with Crippen LogP contribution in [0.3, 0.4) is 0 Å². The highest BCUT2D eigenvalue weighted by Crippen LogP contribution is 2.44. The lowest BCUT2D eigenvalue weighted by molar-refractivity contribution is -0.251. The molecule has 6 aromatic rings. The number of carbonyl (C=O) groups is 2. The van der Waals surface area contributed by atoms with Crippen LogP contribution in [0.1, 0.15) is 67.5 Å². The number of hydrogen-bond donors (Lipinski definition) is 1. The van der Waals surface area contributed by atoms with Crippen LogP contribution in [0.25, 0.3) is 45.3 Å². The average molecular weight is 882 g/mol. The molecule has 1 aliphatic rings. The molecule has 0 saturated heterocycles. The van der Waals surface area contributed by atoms with Crippen LogP contribution in [-0.4, -0.2) is 107 Å². The van der Waals surface area contributed by atoms with Crippen LogP contribution in [0.15, 0.2) is 102 Å². The molecule has 0 amide bonds. The number of methoxy groups -OCH3 is 2. The Morgan fingerprint density at radius 3 is 1.63 bits per heavy atom. The summed E-state index contributed by atoms with van der Waals surface area (Å²) in [6.07, 6.45) is 5.60. The minimum Gasteiger partial charge on any atom is -0.599 e. The van der Waals surface area contributed by atoms with Crippen molar-refractivity contribution in [3.05, 3.63) is 131 Å². The fourth-order valence-corrected chi connectivity index (χ4v) is 8.18. The average Bonchev–Trinajstić information content (AvgIpc) is 3.99. The Bertz CT molecular complexity index is 2590. The summed E-state index contributed by atoms with van der Waals surface area (Å²) >= 11 is 0. The number of benzene rings is 4. The van der Waals surface area contributed by atoms with Crippen molar-refractivity contribution in [2.45, 2.75) is 59.8 Å². The Hall–Kier alpha value is -6.61. The molecule has 0 spiro atoms. The molecule has 14 nitrogen and oxygen atoms in total. The van der Waals surface area contributed by atoms with E-state index < -0.39 is 12.1 Å². The molecule has 65 heavy (non-hydrogen) atoms. The van der Waals surface area contributed by atoms with Gasteiger partial charge in [0.25, 0.3) is 0 Å². The van der Waals surface area contributed by atoms with Gasteiger partial charge in [0.2, 0.25) is 0 Å². The molecule has 0 saturated carbocycles. The number of aromatic nitrogens is 4. The molecular formula is C51H61N8O6-. The van der Waals surface area contributed by atoms with E-state index in [4.69, 9.17) is 20.2 Å². The number of nitrogens with two attached hydrogens (primary N) is 1. The molecule has 0 atom stereocenters. The first kappa shape index (κ1) is 47.9. The lowest BCUT2D eigenvalue weighted by atomic mass is 9.98. The van der Waals surface area contributed by atoms with Gasteiger partial charge in [-0.15, -0.1) is 0 Å². The van der Waals surface area contributed by atoms with Crippen LogP contribution >= 0.6 is 0 Å². The van der Waals surface area contributed by atoms with Crippen LogP contribution in [0, 0.1) is 0 Å². The predicted molar refractivity (Wildman–Crippen MR) is 256 cm³/mol. The van der Waals surface area contributed by atoms with Crippen molar-refractivity contribution in [3.63, 3.8) is 0 Å². The number of esters is 2. The minimum atomic E-state index is -0.601. The van der Waals surface area contributed by atoms with Crippen LogP contribution < -0.4 is 10.8 Å². The zero-order chi connectivity index (χ0) is 46.3. The zero-order valence-corrected chi connectivity index (χ0v) is 38.4. The molecule has 1 aliphatic carbocycles. The number of nitrogens with zero attached hydrogens (tertiary/aromatic N) is 7. The van der Waals surface area contributed by atoms with Crippen molar-refractivity contribution in [1.82, 2.24) is 28.9 Å². The first-order valence-electron chi connectivity index (χ1n) is 22.3. The number of aliphatic imine (C=N–C) groups is 1. The van der Waals surface area contributed by atoms with Crippen molar-refractivity contribution in [3.8, 4) is 11.1 Å². The molecular weight excluding hydrogens is 821 g/mol. The van der Waals surface area contributed by atoms with Crippen molar-refractivity contribution in [2.24, 2.45) is 10.7 Å². The molecule has 2 heterocycles. The van der Waals surface area contributed by atoms with Crippen molar-refractivity contribution in [1.29, 1.82) is 0 Å². The summed E-state index contributed by atoms with van der Waals surface area (Å²) in [7, 11) is 2.71. The predicted octanol–water partition coefficient (Wildman–Crippen LogP) is 6.63. The van der Waals surface area contributed by atoms with E-state index in [-0.39, 0.29) is 25.0 Å². The summed E-state index contributed by atoms with van der Waals surface area (Å²) in [4.78, 5) is 41.2. The van der Waals surface area contributed by atoms with E-state index >= 15 is 0 Å². The number of rotatable bonds is 19. The van der Waals surface area contributed by atoms with Crippen LogP contribution in [-0.2, 0) is 50.0 Å². The standard InChI is InChI=1S/C33H36N4O4.C18H26N4O2/c1-4-36(5-2)18-19-37-30-16-14-23(15-17-32(38)40-3)20-29(30)35-31(37)21-34-33(39)41-22-28-26-12-8-6-10-24(26)25-11-7-9-13-27(25)28;1-4-21(5-2)10-11-22-16-8-6-14(7-9-18(23)24-3)12-15(16)20-17(22)13-19/h6-17,20,28H,4-5,18-19,21-22H2,1-3H3,(H,34,39);6-9,12H,4-5,10-11,13,19H2,1-3H3/p-1/b17-15+;9-7+. The van der Waals surface area contributed by atoms with E-state index in [0.29, 0.717) is 18.9 Å². The van der Waals surface area contributed by atoms with Gasteiger partial charge in [-0.1, -0.05) is 88.4 Å². The first-order chi connectivity index (χ1) is 31.6. The van der Waals surface area contributed by atoms with E-state index in [1.54, 1.807) is 12.2 Å². The van der Waals surface area contributed by atoms with Crippen molar-refractivity contribution < 1.29 is 28.9 Å². The molecule has 2 N–H and O–H groups in total. The molecule has 0 bridgehead atoms. The molecule has 7 rings (SSSR count). The van der Waals surface area contributed by atoms with Gasteiger partial charge >= 0.3 is 11.9 Å². The first-order valence-corrected chi connectivity index (χ1v) is 22.3. The summed E-state index contributed by atoms with van der Waals surface area (Å²) in [6, 6.07) is 28.3. The minimum absolute atomic E-state index is 0.0170. The zero-order valence-electron chi connectivity index (χ0n) is 38.4. The van der Waals surface area contributed by atoms with Gasteiger partial charge in [0.15, 0.2) is 0 Å². The number of ether oxygens (including phenoxy) is 3. The highest BCUT2D eigenvalue weighted by Gasteiger charge is 2.27. The Morgan fingerprint density at radius 2 is 1.17 bits per heavy atom. The van der Waals surface area contributed by atoms with E-state index in [1.165, 1.54) is 37.5 Å². The van der Waals surface area contributed by atoms with Gasteiger partial charge in [-0.2, -0.15) is 0 Å². The van der Waals surface area contributed by atoms with Gasteiger partial charge in [-0.25, -0.2) is 19.6 Å². The second-order valence-electron chi connectivity index (χ2n) is 15.4. The highest BCUT2D eigenvalue weighted by molar-refractivity contribution is 5.89. The van der Waals surface area contributed by atoms with Gasteiger partial charge in [0, 0.05) is 50.9 Å².